The van der Waals surface area contributed by atoms with Gasteiger partial charge in [0.2, 0.25) is 5.91 Å². The lowest BCUT2D eigenvalue weighted by atomic mass is 9.89. The van der Waals surface area contributed by atoms with Gasteiger partial charge >= 0.3 is 0 Å². The maximum Gasteiger partial charge on any atom is 0.256 e. The molecular formula is C24H29ClN4O2. The molecule has 1 unspecified atom stereocenters. The van der Waals surface area contributed by atoms with Crippen LogP contribution in [0.1, 0.15) is 65.6 Å². The number of hydrogen-bond donors (Lipinski definition) is 2. The molecule has 1 saturated carbocycles. The molecule has 0 spiro atoms. The van der Waals surface area contributed by atoms with Gasteiger partial charge in [0.05, 0.1) is 5.56 Å². The van der Waals surface area contributed by atoms with Crippen molar-refractivity contribution in [1.29, 1.82) is 0 Å². The van der Waals surface area contributed by atoms with Crippen molar-refractivity contribution in [2.45, 2.75) is 57.7 Å². The molecule has 2 amide bonds. The second kappa shape index (κ2) is 9.79. The van der Waals surface area contributed by atoms with E-state index in [1.807, 2.05) is 29.2 Å². The SMILES string of the molecule is CC(=O)NCc1ccc(Cl)c(CN(C(=O)c2cnccc2C2CCCNC2)C2CC2)c1. The quantitative estimate of drug-likeness (QED) is 0.689. The first-order valence-corrected chi connectivity index (χ1v) is 11.4. The highest BCUT2D eigenvalue weighted by atomic mass is 35.5. The van der Waals surface area contributed by atoms with Crippen LogP contribution in [0.5, 0.6) is 0 Å². The highest BCUT2D eigenvalue weighted by molar-refractivity contribution is 6.31. The van der Waals surface area contributed by atoms with E-state index in [4.69, 9.17) is 11.6 Å². The third-order valence-corrected chi connectivity index (χ3v) is 6.43. The van der Waals surface area contributed by atoms with Crippen LogP contribution in [0.3, 0.4) is 0 Å². The summed E-state index contributed by atoms with van der Waals surface area (Å²) < 4.78 is 0. The van der Waals surface area contributed by atoms with E-state index in [9.17, 15) is 9.59 Å². The molecule has 2 aliphatic rings. The van der Waals surface area contributed by atoms with Crippen molar-refractivity contribution in [3.63, 3.8) is 0 Å². The van der Waals surface area contributed by atoms with Gasteiger partial charge in [0.15, 0.2) is 0 Å². The summed E-state index contributed by atoms with van der Waals surface area (Å²) in [6.45, 7) is 4.32. The highest BCUT2D eigenvalue weighted by Gasteiger charge is 2.35. The van der Waals surface area contributed by atoms with Crippen molar-refractivity contribution in [3.05, 3.63) is 63.9 Å². The van der Waals surface area contributed by atoms with Crippen LogP contribution in [0.4, 0.5) is 0 Å². The van der Waals surface area contributed by atoms with Gasteiger partial charge in [-0.2, -0.15) is 0 Å². The topological polar surface area (TPSA) is 74.3 Å². The lowest BCUT2D eigenvalue weighted by Crippen LogP contribution is -2.35. The molecular weight excluding hydrogens is 412 g/mol. The molecule has 31 heavy (non-hydrogen) atoms. The van der Waals surface area contributed by atoms with Gasteiger partial charge in [-0.1, -0.05) is 23.7 Å². The predicted molar refractivity (Wildman–Crippen MR) is 121 cm³/mol. The average Bonchev–Trinajstić information content (AvgIpc) is 3.63. The van der Waals surface area contributed by atoms with E-state index >= 15 is 0 Å². The standard InChI is InChI=1S/C24H29ClN4O2/c1-16(30)28-12-17-4-7-23(25)19(11-17)15-29(20-5-6-20)24(31)22-14-27-10-8-21(22)18-3-2-9-26-13-18/h4,7-8,10-11,14,18,20,26H,2-3,5-6,9,12-13,15H2,1H3,(H,28,30). The molecule has 2 fully saturated rings. The van der Waals surface area contributed by atoms with Gasteiger partial charge in [-0.05, 0) is 67.0 Å². The Morgan fingerprint density at radius 3 is 2.81 bits per heavy atom. The molecule has 164 valence electrons. The number of carbonyl (C=O) groups excluding carboxylic acids is 2. The minimum absolute atomic E-state index is 0.0273. The summed E-state index contributed by atoms with van der Waals surface area (Å²) in [4.78, 5) is 31.1. The number of nitrogens with zero attached hydrogens (tertiary/aromatic N) is 2. The fourth-order valence-corrected chi connectivity index (χ4v) is 4.41. The number of amides is 2. The summed E-state index contributed by atoms with van der Waals surface area (Å²) in [5.41, 5.74) is 3.65. The lowest BCUT2D eigenvalue weighted by molar-refractivity contribution is -0.119. The number of pyridine rings is 1. The zero-order valence-corrected chi connectivity index (χ0v) is 18.6. The van der Waals surface area contributed by atoms with Crippen molar-refractivity contribution in [2.75, 3.05) is 13.1 Å². The molecule has 1 saturated heterocycles. The van der Waals surface area contributed by atoms with Crippen LogP contribution < -0.4 is 10.6 Å². The minimum Gasteiger partial charge on any atom is -0.352 e. The number of rotatable bonds is 7. The third-order valence-electron chi connectivity index (χ3n) is 6.06. The van der Waals surface area contributed by atoms with Crippen LogP contribution in [-0.4, -0.2) is 40.8 Å². The van der Waals surface area contributed by atoms with E-state index < -0.39 is 0 Å². The second-order valence-corrected chi connectivity index (χ2v) is 8.91. The second-order valence-electron chi connectivity index (χ2n) is 8.51. The summed E-state index contributed by atoms with van der Waals surface area (Å²) in [7, 11) is 0. The predicted octanol–water partition coefficient (Wildman–Crippen LogP) is 3.64. The Balaban J connectivity index is 1.57. The molecule has 1 atom stereocenters. The van der Waals surface area contributed by atoms with Gasteiger partial charge in [0.1, 0.15) is 0 Å². The molecule has 2 heterocycles. The molecule has 0 bridgehead atoms. The van der Waals surface area contributed by atoms with Crippen LogP contribution in [0.25, 0.3) is 0 Å². The minimum atomic E-state index is -0.0763. The number of halogens is 1. The molecule has 0 radical (unpaired) electrons. The Bertz CT molecular complexity index is 954. The van der Waals surface area contributed by atoms with E-state index in [1.165, 1.54) is 6.92 Å². The summed E-state index contributed by atoms with van der Waals surface area (Å²) in [5, 5.41) is 6.89. The fourth-order valence-electron chi connectivity index (χ4n) is 4.23. The average molecular weight is 441 g/mol. The normalized spacial score (nSPS) is 18.5. The first-order chi connectivity index (χ1) is 15.0. The molecule has 1 aromatic heterocycles. The van der Waals surface area contributed by atoms with Crippen molar-refractivity contribution in [1.82, 2.24) is 20.5 Å². The van der Waals surface area contributed by atoms with Crippen molar-refractivity contribution < 1.29 is 9.59 Å². The first-order valence-electron chi connectivity index (χ1n) is 11.0. The van der Waals surface area contributed by atoms with Gasteiger partial charge in [-0.25, -0.2) is 0 Å². The Morgan fingerprint density at radius 2 is 2.10 bits per heavy atom. The largest absolute Gasteiger partial charge is 0.352 e. The van der Waals surface area contributed by atoms with Crippen LogP contribution >= 0.6 is 11.6 Å². The fraction of sp³-hybridized carbons (Fsp3) is 0.458. The number of hydrogen-bond acceptors (Lipinski definition) is 4. The van der Waals surface area contributed by atoms with Gasteiger partial charge in [-0.3, -0.25) is 14.6 Å². The van der Waals surface area contributed by atoms with Gasteiger partial charge in [0, 0.05) is 50.0 Å². The number of benzene rings is 1. The van der Waals surface area contributed by atoms with Crippen molar-refractivity contribution in [3.8, 4) is 0 Å². The zero-order valence-electron chi connectivity index (χ0n) is 17.9. The summed E-state index contributed by atoms with van der Waals surface area (Å²) in [6.07, 6.45) is 7.72. The Morgan fingerprint density at radius 1 is 1.26 bits per heavy atom. The van der Waals surface area contributed by atoms with Crippen LogP contribution in [0.15, 0.2) is 36.7 Å². The Hall–Kier alpha value is -2.44. The van der Waals surface area contributed by atoms with Gasteiger partial charge in [-0.15, -0.1) is 0 Å². The maximum atomic E-state index is 13.7. The number of nitrogens with one attached hydrogen (secondary N) is 2. The first kappa shape index (κ1) is 21.8. The molecule has 1 aliphatic heterocycles. The summed E-state index contributed by atoms with van der Waals surface area (Å²) >= 11 is 6.49. The van der Waals surface area contributed by atoms with Crippen LogP contribution in [0.2, 0.25) is 5.02 Å². The molecule has 7 heteroatoms. The van der Waals surface area contributed by atoms with E-state index in [2.05, 4.69) is 15.6 Å². The smallest absolute Gasteiger partial charge is 0.256 e. The Kier molecular flexibility index (Phi) is 6.88. The molecule has 4 rings (SSSR count). The number of piperidine rings is 1. The van der Waals surface area contributed by atoms with E-state index in [-0.39, 0.29) is 17.9 Å². The number of carbonyl (C=O) groups is 2. The molecule has 2 aromatic rings. The Labute approximate surface area is 188 Å². The van der Waals surface area contributed by atoms with Gasteiger partial charge in [0.25, 0.3) is 5.91 Å². The maximum absolute atomic E-state index is 13.7. The van der Waals surface area contributed by atoms with Crippen LogP contribution in [0, 0.1) is 0 Å². The zero-order chi connectivity index (χ0) is 21.8. The third kappa shape index (κ3) is 5.43. The van der Waals surface area contributed by atoms with Crippen LogP contribution in [-0.2, 0) is 17.9 Å². The van der Waals surface area contributed by atoms with Gasteiger partial charge < -0.3 is 15.5 Å². The number of aromatic nitrogens is 1. The van der Waals surface area contributed by atoms with Crippen molar-refractivity contribution in [2.24, 2.45) is 0 Å². The summed E-state index contributed by atoms with van der Waals surface area (Å²) in [6, 6.07) is 7.96. The monoisotopic (exact) mass is 440 g/mol. The molecule has 6 nitrogen and oxygen atoms in total. The molecule has 1 aromatic carbocycles. The van der Waals surface area contributed by atoms with E-state index in [0.29, 0.717) is 29.6 Å². The van der Waals surface area contributed by atoms with E-state index in [0.717, 1.165) is 55.5 Å². The van der Waals surface area contributed by atoms with E-state index in [1.54, 1.807) is 12.4 Å². The lowest BCUT2D eigenvalue weighted by Gasteiger charge is -2.28. The summed E-state index contributed by atoms with van der Waals surface area (Å²) in [5.74, 6) is 0.286. The molecule has 2 N–H and O–H groups in total. The van der Waals surface area contributed by atoms with Crippen molar-refractivity contribution >= 4 is 23.4 Å². The highest BCUT2D eigenvalue weighted by Crippen LogP contribution is 2.33. The molecule has 1 aliphatic carbocycles.